The molecule has 4 heteroatoms. The molecule has 0 aliphatic carbocycles. The van der Waals surface area contributed by atoms with Gasteiger partial charge in [0.15, 0.2) is 5.78 Å². The van der Waals surface area contributed by atoms with Crippen LogP contribution in [0.2, 0.25) is 0 Å². The molecule has 0 saturated heterocycles. The summed E-state index contributed by atoms with van der Waals surface area (Å²) in [7, 11) is 0. The van der Waals surface area contributed by atoms with Crippen LogP contribution in [0.15, 0.2) is 29.6 Å². The number of thiophene rings is 1. The van der Waals surface area contributed by atoms with Crippen molar-refractivity contribution in [3.05, 3.63) is 35.2 Å². The Balaban J connectivity index is 0.00000242. The highest BCUT2D eigenvalue weighted by Gasteiger charge is 2.12. The molecule has 1 aromatic carbocycles. The highest BCUT2D eigenvalue weighted by molar-refractivity contribution is 8.93. The van der Waals surface area contributed by atoms with Crippen LogP contribution in [0.1, 0.15) is 49.9 Å². The van der Waals surface area contributed by atoms with E-state index in [4.69, 9.17) is 0 Å². The lowest BCUT2D eigenvalue weighted by molar-refractivity contribution is 0.0976. The highest BCUT2D eigenvalue weighted by Crippen LogP contribution is 2.26. The maximum Gasteiger partial charge on any atom is 0.164 e. The number of benzene rings is 1. The summed E-state index contributed by atoms with van der Waals surface area (Å²) >= 11 is 1.67. The van der Waals surface area contributed by atoms with Crippen molar-refractivity contribution in [2.24, 2.45) is 0 Å². The van der Waals surface area contributed by atoms with Crippen LogP contribution in [0.3, 0.4) is 0 Å². The predicted molar refractivity (Wildman–Crippen MR) is 103 cm³/mol. The monoisotopic (exact) mass is 383 g/mol. The minimum Gasteiger partial charge on any atom is -0.303 e. The molecule has 1 heterocycles. The number of carbonyl (C=O) groups excluding carboxylic acids is 1. The van der Waals surface area contributed by atoms with Crippen LogP contribution in [0.25, 0.3) is 10.1 Å². The SMILES string of the molecule is Br.CCCN(CCC)CCCC(=O)c1csc2ccccc12. The van der Waals surface area contributed by atoms with Gasteiger partial charge in [-0.05, 0) is 45.0 Å². The van der Waals surface area contributed by atoms with Gasteiger partial charge in [0.25, 0.3) is 0 Å². The van der Waals surface area contributed by atoms with Gasteiger partial charge in [0.05, 0.1) is 0 Å². The zero-order chi connectivity index (χ0) is 15.1. The van der Waals surface area contributed by atoms with Crippen LogP contribution < -0.4 is 0 Å². The van der Waals surface area contributed by atoms with Crippen molar-refractivity contribution < 1.29 is 4.79 Å². The standard InChI is InChI=1S/C18H25NOS.BrH/c1-3-11-19(12-4-2)13-7-9-17(20)16-14-21-18-10-6-5-8-15(16)18;/h5-6,8,10,14H,3-4,7,9,11-13H2,1-2H3;1H. The van der Waals surface area contributed by atoms with Crippen LogP contribution in [-0.4, -0.2) is 30.3 Å². The third-order valence-electron chi connectivity index (χ3n) is 3.74. The van der Waals surface area contributed by atoms with E-state index in [-0.39, 0.29) is 17.0 Å². The summed E-state index contributed by atoms with van der Waals surface area (Å²) in [5.41, 5.74) is 0.910. The first-order chi connectivity index (χ1) is 10.3. The number of ketones is 1. The Morgan fingerprint density at radius 1 is 1.09 bits per heavy atom. The fourth-order valence-electron chi connectivity index (χ4n) is 2.76. The molecule has 2 rings (SSSR count). The maximum atomic E-state index is 12.4. The summed E-state index contributed by atoms with van der Waals surface area (Å²) < 4.78 is 1.21. The van der Waals surface area contributed by atoms with Gasteiger partial charge in [0.2, 0.25) is 0 Å². The Labute approximate surface area is 148 Å². The van der Waals surface area contributed by atoms with Gasteiger partial charge >= 0.3 is 0 Å². The summed E-state index contributed by atoms with van der Waals surface area (Å²) in [4.78, 5) is 14.9. The molecular weight excluding hydrogens is 358 g/mol. The normalized spacial score (nSPS) is 10.9. The first kappa shape index (κ1) is 19.3. The van der Waals surface area contributed by atoms with Gasteiger partial charge in [-0.3, -0.25) is 4.79 Å². The molecule has 0 atom stereocenters. The first-order valence-electron chi connectivity index (χ1n) is 7.98. The number of nitrogens with zero attached hydrogens (tertiary/aromatic N) is 1. The molecule has 0 radical (unpaired) electrons. The summed E-state index contributed by atoms with van der Waals surface area (Å²) in [6.07, 6.45) is 3.99. The van der Waals surface area contributed by atoms with Crippen molar-refractivity contribution in [3.8, 4) is 0 Å². The minimum atomic E-state index is 0. The van der Waals surface area contributed by atoms with Crippen molar-refractivity contribution >= 4 is 44.2 Å². The van der Waals surface area contributed by atoms with E-state index in [1.807, 2.05) is 17.5 Å². The topological polar surface area (TPSA) is 20.3 Å². The third kappa shape index (κ3) is 5.18. The molecule has 2 aromatic rings. The van der Waals surface area contributed by atoms with Gasteiger partial charge in [-0.2, -0.15) is 0 Å². The Kier molecular flexibility index (Phi) is 8.91. The van der Waals surface area contributed by atoms with Crippen LogP contribution in [0.4, 0.5) is 0 Å². The second kappa shape index (κ2) is 10.1. The van der Waals surface area contributed by atoms with Crippen LogP contribution in [-0.2, 0) is 0 Å². The number of rotatable bonds is 9. The van der Waals surface area contributed by atoms with Gasteiger partial charge in [-0.15, -0.1) is 28.3 Å². The summed E-state index contributed by atoms with van der Waals surface area (Å²) in [5.74, 6) is 0.292. The van der Waals surface area contributed by atoms with Crippen molar-refractivity contribution in [1.82, 2.24) is 4.90 Å². The molecule has 0 amide bonds. The Morgan fingerprint density at radius 3 is 2.45 bits per heavy atom. The fraction of sp³-hybridized carbons (Fsp3) is 0.500. The minimum absolute atomic E-state index is 0. The van der Waals surface area contributed by atoms with Crippen LogP contribution >= 0.6 is 28.3 Å². The molecule has 0 saturated carbocycles. The lowest BCUT2D eigenvalue weighted by Crippen LogP contribution is -2.26. The molecule has 0 aliphatic heterocycles. The van der Waals surface area contributed by atoms with Crippen molar-refractivity contribution in [1.29, 1.82) is 0 Å². The van der Waals surface area contributed by atoms with Crippen LogP contribution in [0, 0.1) is 0 Å². The number of fused-ring (bicyclic) bond motifs is 1. The second-order valence-electron chi connectivity index (χ2n) is 5.51. The molecule has 0 bridgehead atoms. The number of halogens is 1. The van der Waals surface area contributed by atoms with Gasteiger partial charge in [0.1, 0.15) is 0 Å². The predicted octanol–water partition coefficient (Wildman–Crippen LogP) is 5.56. The van der Waals surface area contributed by atoms with E-state index in [1.165, 1.54) is 17.5 Å². The zero-order valence-corrected chi connectivity index (χ0v) is 16.0. The quantitative estimate of drug-likeness (QED) is 0.527. The molecule has 0 unspecified atom stereocenters. The van der Waals surface area contributed by atoms with Gasteiger partial charge < -0.3 is 4.90 Å². The molecule has 0 spiro atoms. The molecule has 0 fully saturated rings. The molecular formula is C18H26BrNOS. The number of hydrogen-bond acceptors (Lipinski definition) is 3. The Bertz CT molecular complexity index is 575. The molecule has 0 N–H and O–H groups in total. The van der Waals surface area contributed by atoms with E-state index >= 15 is 0 Å². The summed E-state index contributed by atoms with van der Waals surface area (Å²) in [5, 5.41) is 3.13. The fourth-order valence-corrected chi connectivity index (χ4v) is 3.72. The number of Topliss-reactive ketones (excluding diaryl/α,β-unsaturated/α-hetero) is 1. The van der Waals surface area contributed by atoms with Gasteiger partial charge in [-0.25, -0.2) is 0 Å². The van der Waals surface area contributed by atoms with E-state index in [0.717, 1.165) is 37.0 Å². The average molecular weight is 384 g/mol. The highest BCUT2D eigenvalue weighted by atomic mass is 79.9. The molecule has 22 heavy (non-hydrogen) atoms. The largest absolute Gasteiger partial charge is 0.303 e. The number of hydrogen-bond donors (Lipinski definition) is 0. The average Bonchev–Trinajstić information content (AvgIpc) is 2.91. The molecule has 0 aliphatic rings. The summed E-state index contributed by atoms with van der Waals surface area (Å²) in [6, 6.07) is 8.18. The molecule has 1 aromatic heterocycles. The lowest BCUT2D eigenvalue weighted by atomic mass is 10.1. The van der Waals surface area contributed by atoms with Crippen molar-refractivity contribution in [3.63, 3.8) is 0 Å². The molecule has 122 valence electrons. The van der Waals surface area contributed by atoms with Gasteiger partial charge in [-0.1, -0.05) is 32.0 Å². The van der Waals surface area contributed by atoms with Crippen LogP contribution in [0.5, 0.6) is 0 Å². The smallest absolute Gasteiger partial charge is 0.164 e. The Hall–Kier alpha value is -0.710. The summed E-state index contributed by atoms with van der Waals surface area (Å²) in [6.45, 7) is 7.75. The molecule has 2 nitrogen and oxygen atoms in total. The first-order valence-corrected chi connectivity index (χ1v) is 8.86. The van der Waals surface area contributed by atoms with E-state index in [1.54, 1.807) is 11.3 Å². The van der Waals surface area contributed by atoms with E-state index in [0.29, 0.717) is 12.2 Å². The lowest BCUT2D eigenvalue weighted by Gasteiger charge is -2.20. The Morgan fingerprint density at radius 2 is 1.77 bits per heavy atom. The van der Waals surface area contributed by atoms with Crippen molar-refractivity contribution in [2.45, 2.75) is 39.5 Å². The maximum absolute atomic E-state index is 12.4. The zero-order valence-electron chi connectivity index (χ0n) is 13.5. The van der Waals surface area contributed by atoms with Crippen molar-refractivity contribution in [2.75, 3.05) is 19.6 Å². The second-order valence-corrected chi connectivity index (χ2v) is 6.43. The van der Waals surface area contributed by atoms with E-state index in [9.17, 15) is 4.79 Å². The van der Waals surface area contributed by atoms with E-state index < -0.39 is 0 Å². The van der Waals surface area contributed by atoms with E-state index in [2.05, 4.69) is 30.9 Å². The third-order valence-corrected chi connectivity index (χ3v) is 4.70. The number of carbonyl (C=O) groups is 1. The van der Waals surface area contributed by atoms with Gasteiger partial charge in [0, 0.05) is 27.5 Å².